The summed E-state index contributed by atoms with van der Waals surface area (Å²) < 4.78 is 1.79. The lowest BCUT2D eigenvalue weighted by Gasteiger charge is -2.11. The highest BCUT2D eigenvalue weighted by Gasteiger charge is 2.21. The molecule has 5 nitrogen and oxygen atoms in total. The number of carbonyl (C=O) groups is 2. The monoisotopic (exact) mass is 334 g/mol. The summed E-state index contributed by atoms with van der Waals surface area (Å²) in [7, 11) is 0. The number of carboxylic acids is 1. The van der Waals surface area contributed by atoms with Gasteiger partial charge >= 0.3 is 5.97 Å². The predicted molar refractivity (Wildman–Crippen MR) is 90.3 cm³/mol. The lowest BCUT2D eigenvalue weighted by atomic mass is 10.1. The molecule has 0 atom stereocenters. The van der Waals surface area contributed by atoms with Crippen LogP contribution in [0.1, 0.15) is 34.1 Å². The van der Waals surface area contributed by atoms with Crippen molar-refractivity contribution >= 4 is 29.2 Å². The molecular formula is C17H19ClN2O3. The van der Waals surface area contributed by atoms with Crippen molar-refractivity contribution in [2.24, 2.45) is 0 Å². The first kappa shape index (κ1) is 17.1. The first-order chi connectivity index (χ1) is 10.8. The van der Waals surface area contributed by atoms with Gasteiger partial charge < -0.3 is 15.0 Å². The Morgan fingerprint density at radius 3 is 2.61 bits per heavy atom. The van der Waals surface area contributed by atoms with Gasteiger partial charge in [0.15, 0.2) is 0 Å². The Morgan fingerprint density at radius 1 is 1.30 bits per heavy atom. The van der Waals surface area contributed by atoms with E-state index in [1.165, 1.54) is 0 Å². The fraction of sp³-hybridized carbons (Fsp3) is 0.294. The first-order valence-corrected chi connectivity index (χ1v) is 7.69. The van der Waals surface area contributed by atoms with Gasteiger partial charge in [-0.05, 0) is 44.0 Å². The number of anilines is 1. The van der Waals surface area contributed by atoms with Crippen molar-refractivity contribution in [3.05, 3.63) is 51.8 Å². The number of amides is 1. The molecule has 1 aromatic heterocycles. The third-order valence-corrected chi connectivity index (χ3v) is 4.21. The number of carboxylic acid groups (broad SMARTS) is 1. The van der Waals surface area contributed by atoms with Crippen LogP contribution in [0.3, 0.4) is 0 Å². The number of nitrogens with one attached hydrogen (secondary N) is 1. The highest BCUT2D eigenvalue weighted by atomic mass is 35.5. The average Bonchev–Trinajstić information content (AvgIpc) is 2.79. The van der Waals surface area contributed by atoms with Gasteiger partial charge in [-0.3, -0.25) is 4.79 Å². The fourth-order valence-corrected chi connectivity index (χ4v) is 2.78. The fourth-order valence-electron chi connectivity index (χ4n) is 2.60. The Kier molecular flexibility index (Phi) is 5.11. The lowest BCUT2D eigenvalue weighted by Crippen LogP contribution is -2.19. The van der Waals surface area contributed by atoms with E-state index in [2.05, 4.69) is 5.32 Å². The largest absolute Gasteiger partial charge is 0.478 e. The van der Waals surface area contributed by atoms with Gasteiger partial charge in [-0.15, -0.1) is 0 Å². The average molecular weight is 335 g/mol. The van der Waals surface area contributed by atoms with Crippen LogP contribution in [0, 0.1) is 13.8 Å². The van der Waals surface area contributed by atoms with E-state index >= 15 is 0 Å². The molecule has 6 heteroatoms. The summed E-state index contributed by atoms with van der Waals surface area (Å²) >= 11 is 6.04. The van der Waals surface area contributed by atoms with E-state index in [1.54, 1.807) is 35.9 Å². The zero-order valence-electron chi connectivity index (χ0n) is 13.3. The van der Waals surface area contributed by atoms with Gasteiger partial charge in [0.05, 0.1) is 12.0 Å². The van der Waals surface area contributed by atoms with E-state index in [4.69, 9.17) is 11.6 Å². The van der Waals surface area contributed by atoms with Crippen molar-refractivity contribution in [2.75, 3.05) is 5.32 Å². The van der Waals surface area contributed by atoms with Gasteiger partial charge in [0.1, 0.15) is 0 Å². The Labute approximate surface area is 139 Å². The summed E-state index contributed by atoms with van der Waals surface area (Å²) in [6, 6.07) is 5.27. The summed E-state index contributed by atoms with van der Waals surface area (Å²) in [5, 5.41) is 12.7. The zero-order valence-corrected chi connectivity index (χ0v) is 14.1. The van der Waals surface area contributed by atoms with Crippen molar-refractivity contribution < 1.29 is 14.7 Å². The third-order valence-electron chi connectivity index (χ3n) is 3.80. The number of aryl methyl sites for hydroxylation is 2. The molecule has 0 saturated heterocycles. The van der Waals surface area contributed by atoms with E-state index in [0.717, 1.165) is 5.56 Å². The molecule has 0 spiro atoms. The summed E-state index contributed by atoms with van der Waals surface area (Å²) in [5.41, 5.74) is 2.77. The van der Waals surface area contributed by atoms with Gasteiger partial charge in [0.25, 0.3) is 0 Å². The van der Waals surface area contributed by atoms with E-state index in [-0.39, 0.29) is 17.9 Å². The standard InChI is InChI=1S/C17H19ClN2O3/c1-4-20-9-10(2)16(17(22)23)14(20)8-15(21)19-13-7-5-6-12(18)11(13)3/h5-7,9H,4,8H2,1-3H3,(H,19,21)(H,22,23). The number of hydrogen-bond acceptors (Lipinski definition) is 2. The van der Waals surface area contributed by atoms with Crippen LogP contribution >= 0.6 is 11.6 Å². The second-order valence-electron chi connectivity index (χ2n) is 5.36. The molecule has 0 bridgehead atoms. The normalized spacial score (nSPS) is 10.6. The zero-order chi connectivity index (χ0) is 17.1. The Balaban J connectivity index is 2.27. The van der Waals surface area contributed by atoms with E-state index in [0.29, 0.717) is 28.5 Å². The topological polar surface area (TPSA) is 71.3 Å². The smallest absolute Gasteiger partial charge is 0.337 e. The molecule has 23 heavy (non-hydrogen) atoms. The van der Waals surface area contributed by atoms with Crippen LogP contribution in [-0.2, 0) is 17.8 Å². The molecule has 2 aromatic rings. The van der Waals surface area contributed by atoms with Crippen molar-refractivity contribution in [3.8, 4) is 0 Å². The number of carbonyl (C=O) groups excluding carboxylic acids is 1. The predicted octanol–water partition coefficient (Wildman–Crippen LogP) is 3.66. The van der Waals surface area contributed by atoms with Crippen LogP contribution in [0.25, 0.3) is 0 Å². The quantitative estimate of drug-likeness (QED) is 0.876. The third kappa shape index (κ3) is 3.56. The molecule has 1 heterocycles. The molecule has 2 N–H and O–H groups in total. The van der Waals surface area contributed by atoms with Gasteiger partial charge in [-0.2, -0.15) is 0 Å². The number of benzene rings is 1. The molecule has 1 amide bonds. The van der Waals surface area contributed by atoms with Gasteiger partial charge in [-0.25, -0.2) is 4.79 Å². The van der Waals surface area contributed by atoms with E-state index in [1.807, 2.05) is 13.8 Å². The SMILES string of the molecule is CCn1cc(C)c(C(=O)O)c1CC(=O)Nc1cccc(Cl)c1C. The molecule has 1 aromatic carbocycles. The Bertz CT molecular complexity index is 765. The molecule has 0 fully saturated rings. The molecular weight excluding hydrogens is 316 g/mol. The lowest BCUT2D eigenvalue weighted by molar-refractivity contribution is -0.115. The molecule has 0 aliphatic carbocycles. The number of aromatic carboxylic acids is 1. The number of aromatic nitrogens is 1. The van der Waals surface area contributed by atoms with Crippen molar-refractivity contribution in [1.82, 2.24) is 4.57 Å². The maximum Gasteiger partial charge on any atom is 0.337 e. The molecule has 122 valence electrons. The van der Waals surface area contributed by atoms with Crippen LogP contribution in [0.15, 0.2) is 24.4 Å². The molecule has 2 rings (SSSR count). The van der Waals surface area contributed by atoms with Crippen LogP contribution in [0.2, 0.25) is 5.02 Å². The highest BCUT2D eigenvalue weighted by Crippen LogP contribution is 2.24. The highest BCUT2D eigenvalue weighted by molar-refractivity contribution is 6.31. The summed E-state index contributed by atoms with van der Waals surface area (Å²) in [6.45, 7) is 6.07. The van der Waals surface area contributed by atoms with Crippen molar-refractivity contribution in [3.63, 3.8) is 0 Å². The Hall–Kier alpha value is -2.27. The van der Waals surface area contributed by atoms with Crippen LogP contribution in [0.5, 0.6) is 0 Å². The molecule has 0 saturated carbocycles. The Morgan fingerprint density at radius 2 is 2.00 bits per heavy atom. The van der Waals surface area contributed by atoms with Gasteiger partial charge in [0, 0.05) is 29.1 Å². The van der Waals surface area contributed by atoms with E-state index < -0.39 is 5.97 Å². The molecule has 0 unspecified atom stereocenters. The molecule has 0 aliphatic rings. The van der Waals surface area contributed by atoms with Crippen LogP contribution in [0.4, 0.5) is 5.69 Å². The van der Waals surface area contributed by atoms with Crippen molar-refractivity contribution in [1.29, 1.82) is 0 Å². The maximum atomic E-state index is 12.3. The van der Waals surface area contributed by atoms with E-state index in [9.17, 15) is 14.7 Å². The van der Waals surface area contributed by atoms with Gasteiger partial charge in [-0.1, -0.05) is 17.7 Å². The summed E-state index contributed by atoms with van der Waals surface area (Å²) in [6.07, 6.45) is 1.76. The minimum absolute atomic E-state index is 0.00470. The van der Waals surface area contributed by atoms with Crippen molar-refractivity contribution in [2.45, 2.75) is 33.7 Å². The van der Waals surface area contributed by atoms with Gasteiger partial charge in [0.2, 0.25) is 5.91 Å². The number of hydrogen-bond donors (Lipinski definition) is 2. The summed E-state index contributed by atoms with van der Waals surface area (Å²) in [5.74, 6) is -1.29. The maximum absolute atomic E-state index is 12.3. The van der Waals surface area contributed by atoms with Crippen LogP contribution in [-0.4, -0.2) is 21.6 Å². The number of nitrogens with zero attached hydrogens (tertiary/aromatic N) is 1. The second-order valence-corrected chi connectivity index (χ2v) is 5.77. The minimum atomic E-state index is -1.02. The molecule has 0 radical (unpaired) electrons. The number of halogens is 1. The summed E-state index contributed by atoms with van der Waals surface area (Å²) in [4.78, 5) is 23.8. The second kappa shape index (κ2) is 6.87. The first-order valence-electron chi connectivity index (χ1n) is 7.32. The minimum Gasteiger partial charge on any atom is -0.478 e. The number of rotatable bonds is 5. The van der Waals surface area contributed by atoms with Crippen LogP contribution < -0.4 is 5.32 Å². The molecule has 0 aliphatic heterocycles.